The topological polar surface area (TPSA) is 38.9 Å². The highest BCUT2D eigenvalue weighted by Crippen LogP contribution is 2.19. The van der Waals surface area contributed by atoms with E-state index in [0.717, 1.165) is 5.39 Å². The summed E-state index contributed by atoms with van der Waals surface area (Å²) in [5.41, 5.74) is 6.23. The van der Waals surface area contributed by atoms with Gasteiger partial charge in [-0.2, -0.15) is 0 Å². The summed E-state index contributed by atoms with van der Waals surface area (Å²) in [6.07, 6.45) is -2.58. The number of hydrogen-bond donors (Lipinski definition) is 1. The first-order valence-corrected chi connectivity index (χ1v) is 4.58. The first-order valence-electron chi connectivity index (χ1n) is 4.58. The minimum atomic E-state index is -2.58. The molecule has 2 aromatic rings. The molecular weight excluding hydrogens is 198 g/mol. The summed E-state index contributed by atoms with van der Waals surface area (Å²) in [6.45, 7) is 0. The van der Waals surface area contributed by atoms with Crippen LogP contribution in [0.1, 0.15) is 11.7 Å². The van der Waals surface area contributed by atoms with E-state index in [2.05, 4.69) is 4.98 Å². The number of pyridine rings is 1. The molecule has 0 unspecified atom stereocenters. The number of nitrogens with two attached hydrogens (primary N) is 1. The van der Waals surface area contributed by atoms with Gasteiger partial charge in [-0.1, -0.05) is 24.3 Å². The Kier molecular flexibility index (Phi) is 2.60. The number of aromatic nitrogens is 1. The maximum atomic E-state index is 12.3. The van der Waals surface area contributed by atoms with Crippen LogP contribution in [-0.2, 0) is 0 Å². The Bertz CT molecular complexity index is 471. The number of nitrogens with zero attached hydrogens (tertiary/aromatic N) is 1. The van der Waals surface area contributed by atoms with Crippen LogP contribution in [0.25, 0.3) is 10.9 Å². The van der Waals surface area contributed by atoms with Gasteiger partial charge >= 0.3 is 0 Å². The zero-order valence-corrected chi connectivity index (χ0v) is 7.90. The van der Waals surface area contributed by atoms with E-state index in [1.807, 2.05) is 18.2 Å². The Hall–Kier alpha value is -1.55. The summed E-state index contributed by atoms with van der Waals surface area (Å²) in [5.74, 6) is 0. The number of rotatable bonds is 2. The van der Waals surface area contributed by atoms with Gasteiger partial charge in [0.15, 0.2) is 0 Å². The van der Waals surface area contributed by atoms with E-state index < -0.39 is 12.5 Å². The van der Waals surface area contributed by atoms with Gasteiger partial charge in [-0.05, 0) is 12.1 Å². The van der Waals surface area contributed by atoms with Crippen LogP contribution in [0.4, 0.5) is 8.78 Å². The van der Waals surface area contributed by atoms with E-state index >= 15 is 0 Å². The fraction of sp³-hybridized carbons (Fsp3) is 0.182. The standard InChI is InChI=1S/C11H10F2N2/c12-11(13)10(14)9-6-5-7-3-1-2-4-8(7)15-9/h1-6,10-11H,14H2/t10-/m1/s1. The van der Waals surface area contributed by atoms with Gasteiger partial charge in [-0.3, -0.25) is 4.98 Å². The fourth-order valence-corrected chi connectivity index (χ4v) is 1.40. The lowest BCUT2D eigenvalue weighted by molar-refractivity contribution is 0.115. The lowest BCUT2D eigenvalue weighted by Crippen LogP contribution is -2.20. The Morgan fingerprint density at radius 3 is 2.53 bits per heavy atom. The minimum Gasteiger partial charge on any atom is -0.318 e. The lowest BCUT2D eigenvalue weighted by Gasteiger charge is -2.10. The third-order valence-electron chi connectivity index (χ3n) is 2.23. The van der Waals surface area contributed by atoms with Gasteiger partial charge in [0.2, 0.25) is 0 Å². The van der Waals surface area contributed by atoms with Gasteiger partial charge in [-0.15, -0.1) is 0 Å². The van der Waals surface area contributed by atoms with Gasteiger partial charge in [0, 0.05) is 5.39 Å². The van der Waals surface area contributed by atoms with Crippen molar-refractivity contribution in [3.8, 4) is 0 Å². The molecule has 1 aromatic carbocycles. The molecule has 0 aliphatic rings. The molecule has 0 radical (unpaired) electrons. The number of halogens is 2. The molecule has 0 aliphatic heterocycles. The molecule has 0 fully saturated rings. The normalized spacial score (nSPS) is 13.3. The van der Waals surface area contributed by atoms with Crippen molar-refractivity contribution >= 4 is 10.9 Å². The SMILES string of the molecule is N[C@H](c1ccc2ccccc2n1)C(F)F. The number of benzene rings is 1. The Morgan fingerprint density at radius 2 is 1.80 bits per heavy atom. The van der Waals surface area contributed by atoms with Crippen molar-refractivity contribution in [1.82, 2.24) is 4.98 Å². The average molecular weight is 208 g/mol. The van der Waals surface area contributed by atoms with Crippen LogP contribution in [0.2, 0.25) is 0 Å². The molecule has 0 saturated heterocycles. The van der Waals surface area contributed by atoms with Crippen LogP contribution in [0.15, 0.2) is 36.4 Å². The largest absolute Gasteiger partial charge is 0.318 e. The molecule has 0 bridgehead atoms. The predicted molar refractivity (Wildman–Crippen MR) is 54.7 cm³/mol. The Balaban J connectivity index is 2.47. The summed E-state index contributed by atoms with van der Waals surface area (Å²) in [6, 6.07) is 9.31. The smallest absolute Gasteiger partial charge is 0.259 e. The lowest BCUT2D eigenvalue weighted by atomic mass is 10.1. The second-order valence-corrected chi connectivity index (χ2v) is 3.29. The van der Waals surface area contributed by atoms with Gasteiger partial charge in [0.1, 0.15) is 6.04 Å². The molecule has 2 N–H and O–H groups in total. The minimum absolute atomic E-state index is 0.226. The average Bonchev–Trinajstić information content (AvgIpc) is 2.27. The van der Waals surface area contributed by atoms with Gasteiger partial charge < -0.3 is 5.73 Å². The van der Waals surface area contributed by atoms with E-state index in [9.17, 15) is 8.78 Å². The van der Waals surface area contributed by atoms with E-state index in [4.69, 9.17) is 5.73 Å². The zero-order valence-electron chi connectivity index (χ0n) is 7.90. The molecular formula is C11H10F2N2. The first kappa shape index (κ1) is 9.98. The van der Waals surface area contributed by atoms with Crippen molar-refractivity contribution in [3.63, 3.8) is 0 Å². The third kappa shape index (κ3) is 1.94. The molecule has 1 aromatic heterocycles. The third-order valence-corrected chi connectivity index (χ3v) is 2.23. The molecule has 15 heavy (non-hydrogen) atoms. The number of hydrogen-bond acceptors (Lipinski definition) is 2. The highest BCUT2D eigenvalue weighted by molar-refractivity contribution is 5.78. The maximum absolute atomic E-state index is 12.3. The van der Waals surface area contributed by atoms with E-state index in [-0.39, 0.29) is 5.69 Å². The predicted octanol–water partition coefficient (Wildman–Crippen LogP) is 2.50. The molecule has 0 aliphatic carbocycles. The van der Waals surface area contributed by atoms with Crippen molar-refractivity contribution in [2.75, 3.05) is 0 Å². The molecule has 0 amide bonds. The van der Waals surface area contributed by atoms with Crippen molar-refractivity contribution in [2.45, 2.75) is 12.5 Å². The molecule has 2 nitrogen and oxygen atoms in total. The highest BCUT2D eigenvalue weighted by Gasteiger charge is 2.18. The highest BCUT2D eigenvalue weighted by atomic mass is 19.3. The van der Waals surface area contributed by atoms with E-state index in [1.165, 1.54) is 0 Å². The van der Waals surface area contributed by atoms with Crippen LogP contribution in [0.5, 0.6) is 0 Å². The first-order chi connectivity index (χ1) is 7.18. The van der Waals surface area contributed by atoms with Crippen molar-refractivity contribution in [2.24, 2.45) is 5.73 Å². The quantitative estimate of drug-likeness (QED) is 0.823. The molecule has 2 rings (SSSR count). The summed E-state index contributed by atoms with van der Waals surface area (Å²) in [4.78, 5) is 4.09. The maximum Gasteiger partial charge on any atom is 0.259 e. The van der Waals surface area contributed by atoms with Crippen LogP contribution >= 0.6 is 0 Å². The van der Waals surface area contributed by atoms with Crippen LogP contribution in [0, 0.1) is 0 Å². The van der Waals surface area contributed by atoms with Crippen LogP contribution in [0.3, 0.4) is 0 Å². The molecule has 4 heteroatoms. The molecule has 78 valence electrons. The molecule has 1 heterocycles. The number of alkyl halides is 2. The summed E-state index contributed by atoms with van der Waals surface area (Å²) >= 11 is 0. The molecule has 0 spiro atoms. The zero-order chi connectivity index (χ0) is 10.8. The van der Waals surface area contributed by atoms with E-state index in [1.54, 1.807) is 18.2 Å². The van der Waals surface area contributed by atoms with Crippen molar-refractivity contribution in [3.05, 3.63) is 42.1 Å². The number of para-hydroxylation sites is 1. The molecule has 1 atom stereocenters. The van der Waals surface area contributed by atoms with Crippen molar-refractivity contribution < 1.29 is 8.78 Å². The fourth-order valence-electron chi connectivity index (χ4n) is 1.40. The second kappa shape index (κ2) is 3.90. The van der Waals surface area contributed by atoms with Gasteiger partial charge in [0.05, 0.1) is 11.2 Å². The summed E-state index contributed by atoms with van der Waals surface area (Å²) in [5, 5.41) is 0.919. The Morgan fingerprint density at radius 1 is 1.07 bits per heavy atom. The van der Waals surface area contributed by atoms with Gasteiger partial charge in [0.25, 0.3) is 6.43 Å². The van der Waals surface area contributed by atoms with Crippen molar-refractivity contribution in [1.29, 1.82) is 0 Å². The summed E-state index contributed by atoms with van der Waals surface area (Å²) in [7, 11) is 0. The van der Waals surface area contributed by atoms with Crippen LogP contribution < -0.4 is 5.73 Å². The number of fused-ring (bicyclic) bond motifs is 1. The molecule has 0 saturated carbocycles. The monoisotopic (exact) mass is 208 g/mol. The van der Waals surface area contributed by atoms with Gasteiger partial charge in [-0.25, -0.2) is 8.78 Å². The second-order valence-electron chi connectivity index (χ2n) is 3.29. The van der Waals surface area contributed by atoms with E-state index in [0.29, 0.717) is 5.52 Å². The van der Waals surface area contributed by atoms with Crippen LogP contribution in [-0.4, -0.2) is 11.4 Å². The Labute approximate surface area is 85.7 Å². The summed E-state index contributed by atoms with van der Waals surface area (Å²) < 4.78 is 24.7.